The number of nitrogens with zero attached hydrogens (tertiary/aromatic N) is 1. The van der Waals surface area contributed by atoms with Crippen LogP contribution in [0.2, 0.25) is 0 Å². The first-order chi connectivity index (χ1) is 19.4. The van der Waals surface area contributed by atoms with E-state index in [2.05, 4.69) is 6.92 Å². The fourth-order valence-corrected chi connectivity index (χ4v) is 8.98. The van der Waals surface area contributed by atoms with Crippen molar-refractivity contribution in [3.63, 3.8) is 0 Å². The fraction of sp³-hybridized carbons (Fsp3) is 0.742. The SMILES string of the molecule is COC(=O)[C@@H]1CCCN1C(=O)CCC(=O)OCC(=O)[C@@]1(O)CC[C@H]2[C@@H]3CCC4=CC(=O)CC[C@]4(C)[C@H]3C(=O)C[C@@]21C. The van der Waals surface area contributed by atoms with Crippen molar-refractivity contribution in [1.82, 2.24) is 4.90 Å². The maximum absolute atomic E-state index is 13.8. The van der Waals surface area contributed by atoms with Crippen LogP contribution >= 0.6 is 0 Å². The van der Waals surface area contributed by atoms with Gasteiger partial charge in [0.25, 0.3) is 0 Å². The second-order valence-corrected chi connectivity index (χ2v) is 13.2. The summed E-state index contributed by atoms with van der Waals surface area (Å²) in [7, 11) is 1.27. The lowest BCUT2D eigenvalue weighted by Gasteiger charge is -2.57. The minimum Gasteiger partial charge on any atom is -0.467 e. The van der Waals surface area contributed by atoms with Crippen LogP contribution in [0.3, 0.4) is 0 Å². The lowest BCUT2D eigenvalue weighted by Crippen LogP contribution is -2.61. The zero-order valence-electron chi connectivity index (χ0n) is 24.2. The van der Waals surface area contributed by atoms with Crippen LogP contribution < -0.4 is 0 Å². The Hall–Kier alpha value is -2.88. The van der Waals surface area contributed by atoms with Crippen LogP contribution in [0.15, 0.2) is 11.6 Å². The number of amides is 1. The molecule has 10 heteroatoms. The second kappa shape index (κ2) is 10.7. The number of methoxy groups -OCH3 is 1. The first-order valence-corrected chi connectivity index (χ1v) is 14.9. The number of hydrogen-bond donors (Lipinski definition) is 1. The molecule has 0 bridgehead atoms. The minimum atomic E-state index is -1.79. The Morgan fingerprint density at radius 1 is 1.05 bits per heavy atom. The van der Waals surface area contributed by atoms with Gasteiger partial charge in [-0.05, 0) is 68.3 Å². The normalized spacial score (nSPS) is 38.0. The molecule has 5 rings (SSSR count). The Bertz CT molecular complexity index is 1210. The number of aliphatic hydroxyl groups is 1. The molecule has 4 aliphatic carbocycles. The molecule has 0 aromatic rings. The van der Waals surface area contributed by atoms with Crippen LogP contribution in [0, 0.1) is 28.6 Å². The van der Waals surface area contributed by atoms with Crippen molar-refractivity contribution in [1.29, 1.82) is 0 Å². The van der Waals surface area contributed by atoms with Crippen LogP contribution in [0.1, 0.15) is 84.5 Å². The molecule has 0 unspecified atom stereocenters. The van der Waals surface area contributed by atoms with Gasteiger partial charge in [-0.15, -0.1) is 0 Å². The van der Waals surface area contributed by atoms with Gasteiger partial charge in [0.15, 0.2) is 12.4 Å². The smallest absolute Gasteiger partial charge is 0.328 e. The average molecular weight is 572 g/mol. The third-order valence-corrected chi connectivity index (χ3v) is 11.2. The monoisotopic (exact) mass is 571 g/mol. The quantitative estimate of drug-likeness (QED) is 0.456. The molecule has 0 spiro atoms. The summed E-state index contributed by atoms with van der Waals surface area (Å²) in [5.41, 5.74) is -2.06. The molecule has 5 aliphatic rings. The van der Waals surface area contributed by atoms with E-state index in [1.807, 2.05) is 6.92 Å². The molecule has 1 aliphatic heterocycles. The molecule has 3 saturated carbocycles. The highest BCUT2D eigenvalue weighted by molar-refractivity contribution is 5.95. The highest BCUT2D eigenvalue weighted by Gasteiger charge is 2.68. The van der Waals surface area contributed by atoms with Crippen LogP contribution in [0.5, 0.6) is 0 Å². The van der Waals surface area contributed by atoms with Crippen LogP contribution in [-0.2, 0) is 38.2 Å². The molecule has 41 heavy (non-hydrogen) atoms. The Morgan fingerprint density at radius 3 is 2.54 bits per heavy atom. The number of Topliss-reactive ketones (excluding diaryl/α,β-unsaturated/α-hetero) is 2. The molecule has 1 N–H and O–H groups in total. The summed E-state index contributed by atoms with van der Waals surface area (Å²) in [6.07, 6.45) is 5.92. The van der Waals surface area contributed by atoms with Gasteiger partial charge < -0.3 is 19.5 Å². The Kier molecular flexibility index (Phi) is 7.76. The van der Waals surface area contributed by atoms with Crippen molar-refractivity contribution in [3.05, 3.63) is 11.6 Å². The van der Waals surface area contributed by atoms with E-state index in [0.717, 1.165) is 18.4 Å². The van der Waals surface area contributed by atoms with Crippen molar-refractivity contribution in [2.24, 2.45) is 28.6 Å². The van der Waals surface area contributed by atoms with E-state index >= 15 is 0 Å². The average Bonchev–Trinajstić information content (AvgIpc) is 3.53. The van der Waals surface area contributed by atoms with Gasteiger partial charge in [-0.2, -0.15) is 0 Å². The van der Waals surface area contributed by atoms with Gasteiger partial charge in [0, 0.05) is 37.1 Å². The highest BCUT2D eigenvalue weighted by atomic mass is 16.5. The molecule has 0 aromatic carbocycles. The van der Waals surface area contributed by atoms with Crippen LogP contribution in [-0.4, -0.2) is 77.1 Å². The number of allylic oxidation sites excluding steroid dienone is 1. The molecule has 4 fully saturated rings. The zero-order valence-corrected chi connectivity index (χ0v) is 24.2. The van der Waals surface area contributed by atoms with Crippen molar-refractivity contribution in [2.75, 3.05) is 20.3 Å². The summed E-state index contributed by atoms with van der Waals surface area (Å²) in [5, 5.41) is 11.8. The number of fused-ring (bicyclic) bond motifs is 5. The topological polar surface area (TPSA) is 144 Å². The van der Waals surface area contributed by atoms with Gasteiger partial charge in [-0.25, -0.2) is 4.79 Å². The Labute approximate surface area is 240 Å². The number of likely N-dealkylation sites (tertiary alicyclic amines) is 1. The van der Waals surface area contributed by atoms with Gasteiger partial charge in [0.1, 0.15) is 17.4 Å². The maximum Gasteiger partial charge on any atom is 0.328 e. The minimum absolute atomic E-state index is 0.0198. The van der Waals surface area contributed by atoms with Gasteiger partial charge in [-0.1, -0.05) is 19.4 Å². The van der Waals surface area contributed by atoms with Crippen LogP contribution in [0.25, 0.3) is 0 Å². The van der Waals surface area contributed by atoms with Crippen molar-refractivity contribution in [3.8, 4) is 0 Å². The number of carbonyl (C=O) groups excluding carboxylic acids is 6. The summed E-state index contributed by atoms with van der Waals surface area (Å²) in [4.78, 5) is 77.6. The third kappa shape index (κ3) is 4.76. The largest absolute Gasteiger partial charge is 0.467 e. The van der Waals surface area contributed by atoms with E-state index in [4.69, 9.17) is 9.47 Å². The standard InChI is InChI=1S/C31H41NO9/c1-29-12-10-19(33)15-18(29)6-7-20-21-11-13-31(39,30(21,2)16-23(34)27(20)29)24(35)17-41-26(37)9-8-25(36)32-14-4-5-22(32)28(38)40-3/h15,20-22,27,39H,4-14,16-17H2,1-3H3/t20-,21-,22-,27+,29-,30-,31-/m0/s1. The van der Waals surface area contributed by atoms with E-state index in [-0.39, 0.29) is 66.3 Å². The zero-order chi connectivity index (χ0) is 29.7. The van der Waals surface area contributed by atoms with Crippen LogP contribution in [0.4, 0.5) is 0 Å². The number of carbonyl (C=O) groups is 6. The van der Waals surface area contributed by atoms with E-state index in [1.165, 1.54) is 12.0 Å². The summed E-state index contributed by atoms with van der Waals surface area (Å²) < 4.78 is 9.97. The third-order valence-electron chi connectivity index (χ3n) is 11.2. The predicted octanol–water partition coefficient (Wildman–Crippen LogP) is 2.48. The van der Waals surface area contributed by atoms with Gasteiger partial charge in [0.05, 0.1) is 13.5 Å². The van der Waals surface area contributed by atoms with Gasteiger partial charge in [0.2, 0.25) is 11.7 Å². The first kappa shape index (κ1) is 29.6. The van der Waals surface area contributed by atoms with E-state index in [0.29, 0.717) is 38.6 Å². The number of esters is 2. The fourth-order valence-electron chi connectivity index (χ4n) is 8.98. The molecule has 7 atom stereocenters. The summed E-state index contributed by atoms with van der Waals surface area (Å²) >= 11 is 0. The van der Waals surface area contributed by atoms with E-state index in [1.54, 1.807) is 6.08 Å². The molecule has 1 heterocycles. The highest BCUT2D eigenvalue weighted by Crippen LogP contribution is 2.66. The first-order valence-electron chi connectivity index (χ1n) is 14.9. The van der Waals surface area contributed by atoms with Gasteiger partial charge >= 0.3 is 11.9 Å². The number of hydrogen-bond acceptors (Lipinski definition) is 9. The predicted molar refractivity (Wildman–Crippen MR) is 144 cm³/mol. The Morgan fingerprint density at radius 2 is 1.80 bits per heavy atom. The van der Waals surface area contributed by atoms with Gasteiger partial charge in [-0.3, -0.25) is 24.0 Å². The molecule has 0 aromatic heterocycles. The van der Waals surface area contributed by atoms with E-state index < -0.39 is 41.4 Å². The van der Waals surface area contributed by atoms with E-state index in [9.17, 15) is 33.9 Å². The lowest BCUT2D eigenvalue weighted by molar-refractivity contribution is -0.174. The molecule has 0 radical (unpaired) electrons. The summed E-state index contributed by atoms with van der Waals surface area (Å²) in [6, 6.07) is -0.650. The molecule has 1 amide bonds. The molecular formula is C31H41NO9. The number of rotatable bonds is 7. The molecule has 10 nitrogen and oxygen atoms in total. The number of ketones is 3. The second-order valence-electron chi connectivity index (χ2n) is 13.2. The summed E-state index contributed by atoms with van der Waals surface area (Å²) in [6.45, 7) is 3.70. The number of ether oxygens (including phenoxy) is 2. The molecule has 1 saturated heterocycles. The van der Waals surface area contributed by atoms with Crippen molar-refractivity contribution in [2.45, 2.75) is 96.1 Å². The maximum atomic E-state index is 13.8. The molecular weight excluding hydrogens is 530 g/mol. The van der Waals surface area contributed by atoms with Crippen molar-refractivity contribution < 1.29 is 43.3 Å². The summed E-state index contributed by atoms with van der Waals surface area (Å²) in [5.74, 6) is -2.30. The van der Waals surface area contributed by atoms with Crippen molar-refractivity contribution >= 4 is 35.2 Å². The Balaban J connectivity index is 1.20. The molecule has 224 valence electrons. The lowest BCUT2D eigenvalue weighted by atomic mass is 9.46.